The lowest BCUT2D eigenvalue weighted by Gasteiger charge is -2.29. The molecule has 0 aromatic heterocycles. The highest BCUT2D eigenvalue weighted by Gasteiger charge is 2.65. The van der Waals surface area contributed by atoms with Gasteiger partial charge in [0.25, 0.3) is 0 Å². The zero-order chi connectivity index (χ0) is 11.2. The number of hydrogen-bond acceptors (Lipinski definition) is 3. The van der Waals surface area contributed by atoms with Crippen LogP contribution in [0.5, 0.6) is 0 Å². The van der Waals surface area contributed by atoms with E-state index in [9.17, 15) is 9.90 Å². The van der Waals surface area contributed by atoms with Crippen LogP contribution in [-0.2, 0) is 9.53 Å². The molecule has 0 amide bonds. The Kier molecular flexibility index (Phi) is 3.68. The number of fused-ring (bicyclic) bond motifs is 1. The third-order valence-corrected chi connectivity index (χ3v) is 4.14. The lowest BCUT2D eigenvalue weighted by Crippen LogP contribution is -2.34. The molecule has 0 aromatic rings. The standard InChI is InChI=1S/C12H20O3.CH4/c1-4-15-11(13)10-8-5-12(14,7(2)3)6-9(8)10;/h7-10,14H,4-6H2,1-3H3;1H4/t8-,9+,10?,12?;. The Labute approximate surface area is 98.2 Å². The summed E-state index contributed by atoms with van der Waals surface area (Å²) in [4.78, 5) is 11.5. The molecule has 2 unspecified atom stereocenters. The van der Waals surface area contributed by atoms with Crippen molar-refractivity contribution in [3.63, 3.8) is 0 Å². The summed E-state index contributed by atoms with van der Waals surface area (Å²) in [5.74, 6) is 1.09. The van der Waals surface area contributed by atoms with Crippen molar-refractivity contribution in [3.8, 4) is 0 Å². The highest BCUT2D eigenvalue weighted by Crippen LogP contribution is 2.62. The van der Waals surface area contributed by atoms with Crippen LogP contribution in [0, 0.1) is 23.7 Å². The second-order valence-electron chi connectivity index (χ2n) is 5.27. The molecule has 2 rings (SSSR count). The maximum atomic E-state index is 11.5. The summed E-state index contributed by atoms with van der Waals surface area (Å²) in [5, 5.41) is 10.2. The molecule has 2 aliphatic carbocycles. The zero-order valence-corrected chi connectivity index (χ0v) is 9.69. The van der Waals surface area contributed by atoms with Crippen molar-refractivity contribution in [1.82, 2.24) is 0 Å². The van der Waals surface area contributed by atoms with E-state index >= 15 is 0 Å². The van der Waals surface area contributed by atoms with Crippen LogP contribution >= 0.6 is 0 Å². The van der Waals surface area contributed by atoms with Crippen LogP contribution in [0.2, 0.25) is 0 Å². The number of aliphatic hydroxyl groups is 1. The predicted molar refractivity (Wildman–Crippen MR) is 62.9 cm³/mol. The van der Waals surface area contributed by atoms with Gasteiger partial charge in [0.2, 0.25) is 0 Å². The van der Waals surface area contributed by atoms with E-state index in [-0.39, 0.29) is 25.2 Å². The van der Waals surface area contributed by atoms with Gasteiger partial charge in [-0.1, -0.05) is 21.3 Å². The van der Waals surface area contributed by atoms with E-state index in [1.807, 2.05) is 20.8 Å². The second kappa shape index (κ2) is 4.36. The van der Waals surface area contributed by atoms with E-state index in [1.54, 1.807) is 0 Å². The number of hydrogen-bond donors (Lipinski definition) is 1. The first-order chi connectivity index (χ1) is 6.99. The highest BCUT2D eigenvalue weighted by molar-refractivity contribution is 5.77. The molecular weight excluding hydrogens is 204 g/mol. The van der Waals surface area contributed by atoms with Crippen molar-refractivity contribution in [3.05, 3.63) is 0 Å². The van der Waals surface area contributed by atoms with Crippen LogP contribution in [0.4, 0.5) is 0 Å². The average molecular weight is 228 g/mol. The smallest absolute Gasteiger partial charge is 0.309 e. The minimum atomic E-state index is -0.529. The van der Waals surface area contributed by atoms with Gasteiger partial charge in [-0.05, 0) is 37.5 Å². The Hall–Kier alpha value is -0.570. The van der Waals surface area contributed by atoms with Crippen LogP contribution in [0.15, 0.2) is 0 Å². The molecule has 2 aliphatic rings. The Morgan fingerprint density at radius 2 is 1.94 bits per heavy atom. The highest BCUT2D eigenvalue weighted by atomic mass is 16.5. The van der Waals surface area contributed by atoms with Crippen LogP contribution < -0.4 is 0 Å². The van der Waals surface area contributed by atoms with Gasteiger partial charge in [-0.15, -0.1) is 0 Å². The van der Waals surface area contributed by atoms with Crippen molar-refractivity contribution < 1.29 is 14.6 Å². The largest absolute Gasteiger partial charge is 0.466 e. The first-order valence-electron chi connectivity index (χ1n) is 5.88. The van der Waals surface area contributed by atoms with E-state index in [2.05, 4.69) is 0 Å². The number of carbonyl (C=O) groups is 1. The Bertz CT molecular complexity index is 260. The Balaban J connectivity index is 0.00000128. The van der Waals surface area contributed by atoms with Gasteiger partial charge in [0, 0.05) is 0 Å². The molecule has 94 valence electrons. The minimum Gasteiger partial charge on any atom is -0.466 e. The predicted octanol–water partition coefficient (Wildman–Crippen LogP) is 2.23. The lowest BCUT2D eigenvalue weighted by molar-refractivity contribution is -0.146. The van der Waals surface area contributed by atoms with Gasteiger partial charge >= 0.3 is 5.97 Å². The van der Waals surface area contributed by atoms with Gasteiger partial charge in [0.15, 0.2) is 0 Å². The summed E-state index contributed by atoms with van der Waals surface area (Å²) in [6.45, 7) is 6.39. The summed E-state index contributed by atoms with van der Waals surface area (Å²) in [7, 11) is 0. The molecule has 16 heavy (non-hydrogen) atoms. The molecule has 1 N–H and O–H groups in total. The van der Waals surface area contributed by atoms with Gasteiger partial charge in [-0.2, -0.15) is 0 Å². The van der Waals surface area contributed by atoms with Crippen molar-refractivity contribution in [1.29, 1.82) is 0 Å². The van der Waals surface area contributed by atoms with Crippen molar-refractivity contribution in [2.24, 2.45) is 23.7 Å². The third kappa shape index (κ3) is 1.97. The molecule has 0 heterocycles. The van der Waals surface area contributed by atoms with Gasteiger partial charge in [-0.3, -0.25) is 4.79 Å². The molecule has 2 fully saturated rings. The summed E-state index contributed by atoms with van der Waals surface area (Å²) >= 11 is 0. The zero-order valence-electron chi connectivity index (χ0n) is 9.69. The number of ether oxygens (including phenoxy) is 1. The molecular formula is C13H24O3. The average Bonchev–Trinajstić information content (AvgIpc) is 2.66. The van der Waals surface area contributed by atoms with E-state index in [0.29, 0.717) is 18.4 Å². The summed E-state index contributed by atoms with van der Waals surface area (Å²) in [6, 6.07) is 0. The summed E-state index contributed by atoms with van der Waals surface area (Å²) in [6.07, 6.45) is 1.55. The van der Waals surface area contributed by atoms with Crippen LogP contribution in [0.25, 0.3) is 0 Å². The van der Waals surface area contributed by atoms with Crippen molar-refractivity contribution >= 4 is 5.97 Å². The fourth-order valence-electron chi connectivity index (χ4n) is 2.96. The monoisotopic (exact) mass is 228 g/mol. The molecule has 4 atom stereocenters. The van der Waals surface area contributed by atoms with Gasteiger partial charge < -0.3 is 9.84 Å². The number of carbonyl (C=O) groups excluding carboxylic acids is 1. The van der Waals surface area contributed by atoms with Crippen molar-refractivity contribution in [2.45, 2.75) is 46.6 Å². The Morgan fingerprint density at radius 3 is 2.31 bits per heavy atom. The summed E-state index contributed by atoms with van der Waals surface area (Å²) < 4.78 is 5.01. The molecule has 0 spiro atoms. The maximum absolute atomic E-state index is 11.5. The molecule has 0 saturated heterocycles. The molecule has 0 radical (unpaired) electrons. The summed E-state index contributed by atoms with van der Waals surface area (Å²) in [5.41, 5.74) is -0.529. The molecule has 0 aliphatic heterocycles. The van der Waals surface area contributed by atoms with Crippen LogP contribution in [0.3, 0.4) is 0 Å². The quantitative estimate of drug-likeness (QED) is 0.753. The fraction of sp³-hybridized carbons (Fsp3) is 0.923. The van der Waals surface area contributed by atoms with E-state index in [4.69, 9.17) is 4.74 Å². The first kappa shape index (κ1) is 13.5. The first-order valence-corrected chi connectivity index (χ1v) is 5.88. The van der Waals surface area contributed by atoms with E-state index in [0.717, 1.165) is 12.8 Å². The molecule has 3 nitrogen and oxygen atoms in total. The molecule has 2 saturated carbocycles. The fourth-order valence-corrected chi connectivity index (χ4v) is 2.96. The second-order valence-corrected chi connectivity index (χ2v) is 5.27. The topological polar surface area (TPSA) is 46.5 Å². The molecule has 3 heteroatoms. The molecule has 0 bridgehead atoms. The van der Waals surface area contributed by atoms with Crippen LogP contribution in [0.1, 0.15) is 41.0 Å². The minimum absolute atomic E-state index is 0. The van der Waals surface area contributed by atoms with E-state index < -0.39 is 5.60 Å². The van der Waals surface area contributed by atoms with E-state index in [1.165, 1.54) is 0 Å². The number of esters is 1. The Morgan fingerprint density at radius 1 is 1.44 bits per heavy atom. The molecule has 0 aromatic carbocycles. The van der Waals surface area contributed by atoms with Gasteiger partial charge in [-0.25, -0.2) is 0 Å². The SMILES string of the molecule is C.CCOC(=O)C1[C@H]2CC(O)(C(C)C)C[C@@H]12. The normalized spacial score (nSPS) is 40.2. The lowest BCUT2D eigenvalue weighted by atomic mass is 9.84. The van der Waals surface area contributed by atoms with Gasteiger partial charge in [0.05, 0.1) is 18.1 Å². The third-order valence-electron chi connectivity index (χ3n) is 4.14. The van der Waals surface area contributed by atoms with Crippen molar-refractivity contribution in [2.75, 3.05) is 6.61 Å². The van der Waals surface area contributed by atoms with Crippen LogP contribution in [-0.4, -0.2) is 23.3 Å². The maximum Gasteiger partial charge on any atom is 0.309 e. The van der Waals surface area contributed by atoms with Gasteiger partial charge in [0.1, 0.15) is 0 Å². The number of rotatable bonds is 3.